The van der Waals surface area contributed by atoms with E-state index in [2.05, 4.69) is 4.52 Å². The molecule has 5 nitrogen and oxygen atoms in total. The van der Waals surface area contributed by atoms with E-state index in [1.54, 1.807) is 13.0 Å². The minimum atomic E-state index is -4.06. The lowest BCUT2D eigenvalue weighted by Gasteiger charge is -2.14. The predicted molar refractivity (Wildman–Crippen MR) is 61.4 cm³/mol. The molecule has 0 heterocycles. The zero-order chi connectivity index (χ0) is 12.2. The summed E-state index contributed by atoms with van der Waals surface area (Å²) in [6.45, 7) is 3.81. The number of phosphoric ester groups is 1. The van der Waals surface area contributed by atoms with Crippen LogP contribution in [-0.2, 0) is 9.09 Å². The van der Waals surface area contributed by atoms with Crippen LogP contribution in [0.1, 0.15) is 11.1 Å². The van der Waals surface area contributed by atoms with Gasteiger partial charge in [0.15, 0.2) is 0 Å². The summed E-state index contributed by atoms with van der Waals surface area (Å²) >= 11 is 0. The van der Waals surface area contributed by atoms with Crippen LogP contribution in [0.2, 0.25) is 0 Å². The van der Waals surface area contributed by atoms with Crippen LogP contribution in [0.15, 0.2) is 18.2 Å². The van der Waals surface area contributed by atoms with E-state index in [1.165, 1.54) is 0 Å². The van der Waals surface area contributed by atoms with Crippen molar-refractivity contribution >= 4 is 7.82 Å². The zero-order valence-electron chi connectivity index (χ0n) is 9.34. The first kappa shape index (κ1) is 13.2. The molecule has 1 rings (SSSR count). The molecule has 0 saturated heterocycles. The van der Waals surface area contributed by atoms with Gasteiger partial charge in [-0.25, -0.2) is 4.57 Å². The minimum absolute atomic E-state index is 0.0152. The Balaban J connectivity index is 2.79. The van der Waals surface area contributed by atoms with E-state index in [4.69, 9.17) is 10.3 Å². The summed E-state index contributed by atoms with van der Waals surface area (Å²) in [6, 6.07) is 5.39. The minimum Gasteiger partial charge on any atom is -0.404 e. The van der Waals surface area contributed by atoms with Gasteiger partial charge < -0.3 is 10.3 Å². The average molecular weight is 245 g/mol. The zero-order valence-corrected chi connectivity index (χ0v) is 10.2. The molecule has 0 saturated carbocycles. The summed E-state index contributed by atoms with van der Waals surface area (Å²) in [6.07, 6.45) is 0. The highest BCUT2D eigenvalue weighted by molar-refractivity contribution is 7.47. The van der Waals surface area contributed by atoms with E-state index in [0.29, 0.717) is 5.75 Å². The standard InChI is InChI=1S/C10H16NO4P/c1-8-3-4-9(2)10(7-8)15-16(12,13)14-6-5-11/h3-4,7H,5-6,11H2,1-2H3,(H,12,13). The molecule has 3 N–H and O–H groups in total. The normalized spacial score (nSPS) is 14.5. The van der Waals surface area contributed by atoms with Gasteiger partial charge in [-0.2, -0.15) is 0 Å². The van der Waals surface area contributed by atoms with Crippen LogP contribution in [0.4, 0.5) is 0 Å². The lowest BCUT2D eigenvalue weighted by Crippen LogP contribution is -2.09. The van der Waals surface area contributed by atoms with E-state index >= 15 is 0 Å². The Hall–Kier alpha value is -0.870. The summed E-state index contributed by atoms with van der Waals surface area (Å²) in [5, 5.41) is 0. The maximum Gasteiger partial charge on any atom is 0.527 e. The molecule has 1 aromatic rings. The van der Waals surface area contributed by atoms with Crippen LogP contribution in [0.3, 0.4) is 0 Å². The van der Waals surface area contributed by atoms with Crippen molar-refractivity contribution in [3.63, 3.8) is 0 Å². The average Bonchev–Trinajstić information content (AvgIpc) is 2.20. The van der Waals surface area contributed by atoms with Crippen LogP contribution in [-0.4, -0.2) is 18.0 Å². The van der Waals surface area contributed by atoms with Crippen molar-refractivity contribution in [2.45, 2.75) is 13.8 Å². The Morgan fingerprint density at radius 2 is 2.12 bits per heavy atom. The van der Waals surface area contributed by atoms with Gasteiger partial charge in [-0.05, 0) is 31.0 Å². The first-order chi connectivity index (χ1) is 7.44. The van der Waals surface area contributed by atoms with Crippen LogP contribution >= 0.6 is 7.82 Å². The van der Waals surface area contributed by atoms with Crippen LogP contribution in [0, 0.1) is 13.8 Å². The van der Waals surface area contributed by atoms with Crippen molar-refractivity contribution in [2.24, 2.45) is 5.73 Å². The molecule has 6 heteroatoms. The van der Waals surface area contributed by atoms with E-state index in [-0.39, 0.29) is 13.2 Å². The molecule has 0 bridgehead atoms. The smallest absolute Gasteiger partial charge is 0.404 e. The largest absolute Gasteiger partial charge is 0.527 e. The second kappa shape index (κ2) is 5.46. The Morgan fingerprint density at radius 3 is 2.75 bits per heavy atom. The number of benzene rings is 1. The van der Waals surface area contributed by atoms with Crippen LogP contribution in [0.5, 0.6) is 5.75 Å². The number of hydrogen-bond donors (Lipinski definition) is 2. The number of nitrogens with two attached hydrogens (primary N) is 1. The molecule has 1 unspecified atom stereocenters. The van der Waals surface area contributed by atoms with Gasteiger partial charge in [-0.15, -0.1) is 0 Å². The molecule has 0 aliphatic carbocycles. The fraction of sp³-hybridized carbons (Fsp3) is 0.400. The Bertz CT molecular complexity index is 408. The summed E-state index contributed by atoms with van der Waals surface area (Å²) in [7, 11) is -4.06. The highest BCUT2D eigenvalue weighted by Gasteiger charge is 2.23. The molecule has 0 aliphatic rings. The summed E-state index contributed by atoms with van der Waals surface area (Å²) in [5.74, 6) is 0.350. The van der Waals surface area contributed by atoms with Crippen molar-refractivity contribution in [1.29, 1.82) is 0 Å². The third kappa shape index (κ3) is 3.94. The van der Waals surface area contributed by atoms with Gasteiger partial charge >= 0.3 is 7.82 Å². The Morgan fingerprint density at radius 1 is 1.44 bits per heavy atom. The third-order valence-corrected chi connectivity index (χ3v) is 2.87. The SMILES string of the molecule is Cc1ccc(C)c(OP(=O)(O)OCCN)c1. The molecule has 90 valence electrons. The van der Waals surface area contributed by atoms with Crippen molar-refractivity contribution in [3.05, 3.63) is 29.3 Å². The molecule has 0 spiro atoms. The molecule has 1 atom stereocenters. The van der Waals surface area contributed by atoms with Gasteiger partial charge in [0.05, 0.1) is 6.61 Å². The number of hydrogen-bond acceptors (Lipinski definition) is 4. The van der Waals surface area contributed by atoms with Crippen LogP contribution in [0.25, 0.3) is 0 Å². The molecule has 16 heavy (non-hydrogen) atoms. The fourth-order valence-electron chi connectivity index (χ4n) is 1.12. The lowest BCUT2D eigenvalue weighted by atomic mass is 10.1. The molecular weight excluding hydrogens is 229 g/mol. The van der Waals surface area contributed by atoms with E-state index in [9.17, 15) is 9.46 Å². The van der Waals surface area contributed by atoms with Gasteiger partial charge in [0, 0.05) is 6.54 Å². The first-order valence-corrected chi connectivity index (χ1v) is 6.38. The molecule has 0 aromatic heterocycles. The fourth-order valence-corrected chi connectivity index (χ4v) is 1.96. The Kier molecular flexibility index (Phi) is 4.50. The molecule has 0 aliphatic heterocycles. The van der Waals surface area contributed by atoms with Crippen molar-refractivity contribution in [1.82, 2.24) is 0 Å². The van der Waals surface area contributed by atoms with Gasteiger partial charge in [-0.1, -0.05) is 12.1 Å². The summed E-state index contributed by atoms with van der Waals surface area (Å²) < 4.78 is 21.1. The maximum absolute atomic E-state index is 11.5. The van der Waals surface area contributed by atoms with Crippen molar-refractivity contribution in [3.8, 4) is 5.75 Å². The number of aryl methyl sites for hydroxylation is 2. The first-order valence-electron chi connectivity index (χ1n) is 4.89. The predicted octanol–water partition coefficient (Wildman–Crippen LogP) is 1.76. The van der Waals surface area contributed by atoms with E-state index < -0.39 is 7.82 Å². The molecule has 0 fully saturated rings. The van der Waals surface area contributed by atoms with Gasteiger partial charge in [-0.3, -0.25) is 9.42 Å². The molecule has 0 amide bonds. The number of rotatable bonds is 5. The third-order valence-electron chi connectivity index (χ3n) is 1.93. The highest BCUT2D eigenvalue weighted by Crippen LogP contribution is 2.44. The summed E-state index contributed by atoms with van der Waals surface area (Å²) in [5.41, 5.74) is 6.89. The Labute approximate surface area is 94.8 Å². The van der Waals surface area contributed by atoms with Crippen molar-refractivity contribution < 1.29 is 18.5 Å². The van der Waals surface area contributed by atoms with E-state index in [1.807, 2.05) is 19.1 Å². The van der Waals surface area contributed by atoms with Crippen LogP contribution < -0.4 is 10.3 Å². The van der Waals surface area contributed by atoms with E-state index in [0.717, 1.165) is 11.1 Å². The highest BCUT2D eigenvalue weighted by atomic mass is 31.2. The topological polar surface area (TPSA) is 81.8 Å². The van der Waals surface area contributed by atoms with Crippen molar-refractivity contribution in [2.75, 3.05) is 13.2 Å². The maximum atomic E-state index is 11.5. The van der Waals surface area contributed by atoms with Gasteiger partial charge in [0.2, 0.25) is 0 Å². The van der Waals surface area contributed by atoms with Gasteiger partial charge in [0.1, 0.15) is 5.75 Å². The quantitative estimate of drug-likeness (QED) is 0.772. The second-order valence-corrected chi connectivity index (χ2v) is 4.83. The molecular formula is C10H16NO4P. The monoisotopic (exact) mass is 245 g/mol. The lowest BCUT2D eigenvalue weighted by molar-refractivity contribution is 0.208. The molecule has 0 radical (unpaired) electrons. The second-order valence-electron chi connectivity index (χ2n) is 3.45. The van der Waals surface area contributed by atoms with Gasteiger partial charge in [0.25, 0.3) is 0 Å². The number of phosphoric acid groups is 1. The summed E-state index contributed by atoms with van der Waals surface area (Å²) in [4.78, 5) is 9.37. The molecule has 1 aromatic carbocycles.